The summed E-state index contributed by atoms with van der Waals surface area (Å²) >= 11 is 1.67. The molecule has 0 saturated heterocycles. The number of benzene rings is 2. The summed E-state index contributed by atoms with van der Waals surface area (Å²) in [7, 11) is -1.48. The van der Waals surface area contributed by atoms with Crippen molar-refractivity contribution in [3.05, 3.63) is 70.2 Å². The zero-order valence-corrected chi connectivity index (χ0v) is 21.9. The molecule has 1 heterocycles. The van der Waals surface area contributed by atoms with Crippen molar-refractivity contribution in [2.24, 2.45) is 4.99 Å². The van der Waals surface area contributed by atoms with Crippen LogP contribution in [0.1, 0.15) is 21.7 Å². The Balaban J connectivity index is 0.00000341. The Morgan fingerprint density at radius 3 is 2.35 bits per heavy atom. The van der Waals surface area contributed by atoms with E-state index in [1.807, 2.05) is 44.2 Å². The third-order valence-corrected chi connectivity index (χ3v) is 7.12. The second-order valence-electron chi connectivity index (χ2n) is 7.04. The van der Waals surface area contributed by atoms with Gasteiger partial charge in [-0.15, -0.1) is 35.3 Å². The number of hydrogen-bond acceptors (Lipinski definition) is 5. The van der Waals surface area contributed by atoms with E-state index in [4.69, 9.17) is 0 Å². The summed E-state index contributed by atoms with van der Waals surface area (Å²) in [6.45, 7) is 5.00. The molecule has 0 radical (unpaired) electrons. The molecule has 2 aromatic carbocycles. The predicted octanol–water partition coefficient (Wildman–Crippen LogP) is 4.31. The molecule has 0 spiro atoms. The zero-order chi connectivity index (χ0) is 21.7. The SMILES string of the molecule is CN=C(NCc1ccc(S(C)(=O)=O)c(C)c1)NCc1sc(-c2ccccc2)nc1C.I. The van der Waals surface area contributed by atoms with Crippen LogP contribution in [-0.4, -0.2) is 32.7 Å². The lowest BCUT2D eigenvalue weighted by atomic mass is 10.1. The molecule has 0 aliphatic heterocycles. The first kappa shape index (κ1) is 25.3. The molecule has 0 aliphatic carbocycles. The molecule has 0 amide bonds. The van der Waals surface area contributed by atoms with Crippen molar-refractivity contribution in [1.82, 2.24) is 15.6 Å². The van der Waals surface area contributed by atoms with Crippen molar-refractivity contribution in [3.63, 3.8) is 0 Å². The van der Waals surface area contributed by atoms with Crippen LogP contribution in [0.3, 0.4) is 0 Å². The Morgan fingerprint density at radius 2 is 1.74 bits per heavy atom. The van der Waals surface area contributed by atoms with Gasteiger partial charge in [0.15, 0.2) is 15.8 Å². The Hall–Kier alpha value is -1.98. The maximum atomic E-state index is 11.8. The monoisotopic (exact) mass is 570 g/mol. The average Bonchev–Trinajstić information content (AvgIpc) is 3.08. The molecule has 2 N–H and O–H groups in total. The van der Waals surface area contributed by atoms with Gasteiger partial charge < -0.3 is 10.6 Å². The van der Waals surface area contributed by atoms with Crippen LogP contribution in [0.5, 0.6) is 0 Å². The van der Waals surface area contributed by atoms with E-state index in [0.717, 1.165) is 32.3 Å². The van der Waals surface area contributed by atoms with Gasteiger partial charge in [0.2, 0.25) is 0 Å². The average molecular weight is 571 g/mol. The van der Waals surface area contributed by atoms with E-state index < -0.39 is 9.84 Å². The van der Waals surface area contributed by atoms with Crippen LogP contribution < -0.4 is 10.6 Å². The summed E-state index contributed by atoms with van der Waals surface area (Å²) in [6, 6.07) is 15.5. The van der Waals surface area contributed by atoms with Crippen LogP contribution in [0.2, 0.25) is 0 Å². The standard InChI is InChI=1S/C22H26N4O2S2.HI/c1-15-12-17(10-11-20(15)30(4,27)28)13-24-22(23-3)25-14-19-16(2)26-21(29-19)18-8-6-5-7-9-18;/h5-12H,13-14H2,1-4H3,(H2,23,24,25);1H. The van der Waals surface area contributed by atoms with Crippen LogP contribution in [0, 0.1) is 13.8 Å². The van der Waals surface area contributed by atoms with Crippen LogP contribution in [0.4, 0.5) is 0 Å². The summed E-state index contributed by atoms with van der Waals surface area (Å²) in [4.78, 5) is 10.5. The van der Waals surface area contributed by atoms with Gasteiger partial charge in [-0.2, -0.15) is 0 Å². The minimum absolute atomic E-state index is 0. The first-order chi connectivity index (χ1) is 14.3. The normalized spacial score (nSPS) is 11.7. The quantitative estimate of drug-likeness (QED) is 0.262. The molecule has 0 bridgehead atoms. The van der Waals surface area contributed by atoms with Gasteiger partial charge in [0.25, 0.3) is 0 Å². The third-order valence-electron chi connectivity index (χ3n) is 4.65. The van der Waals surface area contributed by atoms with Crippen LogP contribution >= 0.6 is 35.3 Å². The second-order valence-corrected chi connectivity index (χ2v) is 10.1. The zero-order valence-electron chi connectivity index (χ0n) is 18.0. The van der Waals surface area contributed by atoms with E-state index in [9.17, 15) is 8.42 Å². The van der Waals surface area contributed by atoms with Gasteiger partial charge in [0, 0.05) is 30.3 Å². The summed E-state index contributed by atoms with van der Waals surface area (Å²) < 4.78 is 23.5. The maximum absolute atomic E-state index is 11.8. The largest absolute Gasteiger partial charge is 0.352 e. The van der Waals surface area contributed by atoms with Gasteiger partial charge in [-0.1, -0.05) is 42.5 Å². The highest BCUT2D eigenvalue weighted by atomic mass is 127. The summed E-state index contributed by atoms with van der Waals surface area (Å²) in [6.07, 6.45) is 1.23. The number of aliphatic imine (C=N–C) groups is 1. The smallest absolute Gasteiger partial charge is 0.191 e. The number of rotatable bonds is 6. The Bertz CT molecular complexity index is 1160. The van der Waals surface area contributed by atoms with Gasteiger partial charge in [0.05, 0.1) is 17.1 Å². The number of hydrogen-bond donors (Lipinski definition) is 2. The number of guanidine groups is 1. The van der Waals surface area contributed by atoms with Crippen LogP contribution in [0.25, 0.3) is 10.6 Å². The highest BCUT2D eigenvalue weighted by Gasteiger charge is 2.12. The van der Waals surface area contributed by atoms with E-state index in [2.05, 4.69) is 32.7 Å². The van der Waals surface area contributed by atoms with Crippen molar-refractivity contribution in [2.45, 2.75) is 31.8 Å². The number of nitrogens with one attached hydrogen (secondary N) is 2. The lowest BCUT2D eigenvalue weighted by molar-refractivity contribution is 0.601. The van der Waals surface area contributed by atoms with Crippen LogP contribution in [0.15, 0.2) is 58.4 Å². The third kappa shape index (κ3) is 6.75. The lowest BCUT2D eigenvalue weighted by Crippen LogP contribution is -2.36. The molecule has 0 fully saturated rings. The van der Waals surface area contributed by atoms with Gasteiger partial charge in [-0.05, 0) is 31.0 Å². The van der Waals surface area contributed by atoms with Crippen molar-refractivity contribution in [3.8, 4) is 10.6 Å². The Kier molecular flexibility index (Phi) is 9.01. The fourth-order valence-electron chi connectivity index (χ4n) is 3.10. The summed E-state index contributed by atoms with van der Waals surface area (Å²) in [5.74, 6) is 0.675. The van der Waals surface area contributed by atoms with E-state index in [-0.39, 0.29) is 24.0 Å². The lowest BCUT2D eigenvalue weighted by Gasteiger charge is -2.12. The Labute approximate surface area is 205 Å². The first-order valence-corrected chi connectivity index (χ1v) is 12.2. The molecular formula is C22H27IN4O2S2. The fourth-order valence-corrected chi connectivity index (χ4v) is 5.07. The number of thiazole rings is 1. The molecule has 0 aliphatic rings. The van der Waals surface area contributed by atoms with Crippen molar-refractivity contribution >= 4 is 51.1 Å². The number of halogens is 1. The Morgan fingerprint density at radius 1 is 1.06 bits per heavy atom. The molecule has 0 atom stereocenters. The van der Waals surface area contributed by atoms with Crippen LogP contribution in [-0.2, 0) is 22.9 Å². The highest BCUT2D eigenvalue weighted by Crippen LogP contribution is 2.27. The molecule has 0 saturated carbocycles. The first-order valence-electron chi connectivity index (χ1n) is 9.53. The van der Waals surface area contributed by atoms with E-state index >= 15 is 0 Å². The molecule has 1 aromatic heterocycles. The van der Waals surface area contributed by atoms with Gasteiger partial charge in [0.1, 0.15) is 5.01 Å². The molecule has 31 heavy (non-hydrogen) atoms. The number of sulfone groups is 1. The molecular weight excluding hydrogens is 543 g/mol. The number of aromatic nitrogens is 1. The topological polar surface area (TPSA) is 83.5 Å². The van der Waals surface area contributed by atoms with Crippen molar-refractivity contribution < 1.29 is 8.42 Å². The molecule has 0 unspecified atom stereocenters. The predicted molar refractivity (Wildman–Crippen MR) is 139 cm³/mol. The van der Waals surface area contributed by atoms with Gasteiger partial charge in [-0.25, -0.2) is 13.4 Å². The van der Waals surface area contributed by atoms with Gasteiger partial charge >= 0.3 is 0 Å². The highest BCUT2D eigenvalue weighted by molar-refractivity contribution is 14.0. The van der Waals surface area contributed by atoms with Crippen molar-refractivity contribution in [1.29, 1.82) is 0 Å². The second kappa shape index (κ2) is 11.1. The number of nitrogens with zero attached hydrogens (tertiary/aromatic N) is 2. The number of aryl methyl sites for hydroxylation is 2. The van der Waals surface area contributed by atoms with Gasteiger partial charge in [-0.3, -0.25) is 4.99 Å². The minimum atomic E-state index is -3.21. The fraction of sp³-hybridized carbons (Fsp3) is 0.273. The summed E-state index contributed by atoms with van der Waals surface area (Å²) in [5.41, 5.74) is 3.86. The molecule has 3 aromatic rings. The van der Waals surface area contributed by atoms with E-state index in [1.54, 1.807) is 24.5 Å². The molecule has 166 valence electrons. The van der Waals surface area contributed by atoms with Crippen molar-refractivity contribution in [2.75, 3.05) is 13.3 Å². The minimum Gasteiger partial charge on any atom is -0.352 e. The van der Waals surface area contributed by atoms with E-state index in [0.29, 0.717) is 23.9 Å². The molecule has 6 nitrogen and oxygen atoms in total. The van der Waals surface area contributed by atoms with E-state index in [1.165, 1.54) is 6.26 Å². The molecule has 9 heteroatoms. The molecule has 3 rings (SSSR count). The maximum Gasteiger partial charge on any atom is 0.191 e. The summed E-state index contributed by atoms with van der Waals surface area (Å²) in [5, 5.41) is 7.61.